The number of aryl methyl sites for hydroxylation is 1. The molecular weight excluding hydrogens is 328 g/mol. The zero-order chi connectivity index (χ0) is 17.1. The Kier molecular flexibility index (Phi) is 5.13. The van der Waals surface area contributed by atoms with Crippen LogP contribution in [0.4, 0.5) is 0 Å². The average molecular weight is 348 g/mol. The fourth-order valence-corrected chi connectivity index (χ4v) is 3.81. The standard InChI is InChI=1S/C17H20N2O4S/c1-11-2-3-12-13(10-24-15(12)8-11)16(20)18-14(17(21)22)9-19-4-6-23-7-5-19/h2-3,8,10,14H,4-7,9H2,1H3,(H,18,20)(H,21,22). The lowest BCUT2D eigenvalue weighted by Crippen LogP contribution is -2.50. The van der Waals surface area contributed by atoms with Crippen LogP contribution in [0.2, 0.25) is 0 Å². The normalized spacial score (nSPS) is 16.9. The first-order valence-electron chi connectivity index (χ1n) is 7.86. The van der Waals surface area contributed by atoms with Gasteiger partial charge in [-0.05, 0) is 18.6 Å². The molecular formula is C17H20N2O4S. The zero-order valence-corrected chi connectivity index (χ0v) is 14.3. The minimum Gasteiger partial charge on any atom is -0.480 e. The van der Waals surface area contributed by atoms with Crippen molar-refractivity contribution in [3.8, 4) is 0 Å². The fraction of sp³-hybridized carbons (Fsp3) is 0.412. The maximum absolute atomic E-state index is 12.6. The number of carboxylic acids is 1. The van der Waals surface area contributed by atoms with Gasteiger partial charge >= 0.3 is 5.97 Å². The van der Waals surface area contributed by atoms with Crippen LogP contribution in [0.5, 0.6) is 0 Å². The third-order valence-corrected chi connectivity index (χ3v) is 5.07. The van der Waals surface area contributed by atoms with Gasteiger partial charge in [-0.2, -0.15) is 0 Å². The molecule has 128 valence electrons. The van der Waals surface area contributed by atoms with E-state index in [-0.39, 0.29) is 12.5 Å². The topological polar surface area (TPSA) is 78.9 Å². The number of benzene rings is 1. The predicted octanol–water partition coefficient (Wildman–Crippen LogP) is 1.72. The summed E-state index contributed by atoms with van der Waals surface area (Å²) in [5.41, 5.74) is 1.66. The van der Waals surface area contributed by atoms with Gasteiger partial charge in [0.2, 0.25) is 0 Å². The van der Waals surface area contributed by atoms with E-state index >= 15 is 0 Å². The minimum absolute atomic E-state index is 0.283. The quantitative estimate of drug-likeness (QED) is 0.860. The van der Waals surface area contributed by atoms with Crippen molar-refractivity contribution in [2.24, 2.45) is 0 Å². The summed E-state index contributed by atoms with van der Waals surface area (Å²) in [7, 11) is 0. The molecule has 0 saturated carbocycles. The summed E-state index contributed by atoms with van der Waals surface area (Å²) < 4.78 is 6.29. The highest BCUT2D eigenvalue weighted by molar-refractivity contribution is 7.17. The van der Waals surface area contributed by atoms with Crippen molar-refractivity contribution in [3.63, 3.8) is 0 Å². The van der Waals surface area contributed by atoms with Gasteiger partial charge in [-0.25, -0.2) is 4.79 Å². The van der Waals surface area contributed by atoms with E-state index < -0.39 is 12.0 Å². The molecule has 1 fully saturated rings. The molecule has 1 aliphatic heterocycles. The molecule has 2 N–H and O–H groups in total. The average Bonchev–Trinajstić information content (AvgIpc) is 2.98. The Bertz CT molecular complexity index is 752. The first-order valence-corrected chi connectivity index (χ1v) is 8.74. The first-order chi connectivity index (χ1) is 11.5. The highest BCUT2D eigenvalue weighted by Crippen LogP contribution is 2.26. The van der Waals surface area contributed by atoms with Crippen LogP contribution in [0.3, 0.4) is 0 Å². The summed E-state index contributed by atoms with van der Waals surface area (Å²) in [6.07, 6.45) is 0. The number of aliphatic carboxylic acids is 1. The van der Waals surface area contributed by atoms with E-state index in [0.717, 1.165) is 15.6 Å². The fourth-order valence-electron chi connectivity index (χ4n) is 2.77. The second-order valence-electron chi connectivity index (χ2n) is 5.93. The van der Waals surface area contributed by atoms with Gasteiger partial charge in [0.1, 0.15) is 6.04 Å². The highest BCUT2D eigenvalue weighted by Gasteiger charge is 2.25. The number of nitrogens with zero attached hydrogens (tertiary/aromatic N) is 1. The van der Waals surface area contributed by atoms with Crippen molar-refractivity contribution in [1.82, 2.24) is 10.2 Å². The Morgan fingerprint density at radius 3 is 2.83 bits per heavy atom. The molecule has 0 radical (unpaired) electrons. The summed E-state index contributed by atoms with van der Waals surface area (Å²) in [5.74, 6) is -1.36. The van der Waals surface area contributed by atoms with Crippen LogP contribution in [-0.4, -0.2) is 60.8 Å². The molecule has 2 heterocycles. The molecule has 3 rings (SSSR count). The molecule has 7 heteroatoms. The molecule has 1 unspecified atom stereocenters. The van der Waals surface area contributed by atoms with Gasteiger partial charge in [-0.15, -0.1) is 11.3 Å². The zero-order valence-electron chi connectivity index (χ0n) is 13.4. The number of carboxylic acid groups (broad SMARTS) is 1. The Morgan fingerprint density at radius 1 is 1.38 bits per heavy atom. The Balaban J connectivity index is 1.73. The second-order valence-corrected chi connectivity index (χ2v) is 6.84. The lowest BCUT2D eigenvalue weighted by Gasteiger charge is -2.29. The number of carbonyl (C=O) groups is 2. The van der Waals surface area contributed by atoms with Crippen molar-refractivity contribution in [1.29, 1.82) is 0 Å². The van der Waals surface area contributed by atoms with Crippen molar-refractivity contribution in [2.75, 3.05) is 32.8 Å². The molecule has 0 spiro atoms. The van der Waals surface area contributed by atoms with Crippen molar-refractivity contribution >= 4 is 33.3 Å². The van der Waals surface area contributed by atoms with E-state index in [1.807, 2.05) is 30.0 Å². The van der Waals surface area contributed by atoms with Gasteiger partial charge in [0, 0.05) is 35.1 Å². The van der Waals surface area contributed by atoms with Gasteiger partial charge in [-0.3, -0.25) is 9.69 Å². The minimum atomic E-state index is -1.02. The molecule has 1 aromatic carbocycles. The molecule has 1 aliphatic rings. The molecule has 1 atom stereocenters. The Labute approximate surface area is 144 Å². The van der Waals surface area contributed by atoms with Gasteiger partial charge in [-0.1, -0.05) is 12.1 Å². The number of morpholine rings is 1. The number of hydrogen-bond donors (Lipinski definition) is 2. The smallest absolute Gasteiger partial charge is 0.327 e. The van der Waals surface area contributed by atoms with Crippen LogP contribution >= 0.6 is 11.3 Å². The number of thiophene rings is 1. The molecule has 1 amide bonds. The van der Waals surface area contributed by atoms with Gasteiger partial charge in [0.25, 0.3) is 5.91 Å². The lowest BCUT2D eigenvalue weighted by atomic mass is 10.1. The van der Waals surface area contributed by atoms with Crippen molar-refractivity contribution in [2.45, 2.75) is 13.0 Å². The Hall–Kier alpha value is -1.96. The Morgan fingerprint density at radius 2 is 2.12 bits per heavy atom. The van der Waals surface area contributed by atoms with E-state index in [2.05, 4.69) is 5.32 Å². The molecule has 1 aromatic heterocycles. The predicted molar refractivity (Wildman–Crippen MR) is 92.7 cm³/mol. The van der Waals surface area contributed by atoms with E-state index in [1.165, 1.54) is 11.3 Å². The molecule has 0 aliphatic carbocycles. The summed E-state index contributed by atoms with van der Waals surface area (Å²) in [4.78, 5) is 26.1. The van der Waals surface area contributed by atoms with Gasteiger partial charge in [0.05, 0.1) is 18.8 Å². The maximum Gasteiger partial charge on any atom is 0.327 e. The number of rotatable bonds is 5. The third-order valence-electron chi connectivity index (χ3n) is 4.12. The second kappa shape index (κ2) is 7.29. The van der Waals surface area contributed by atoms with Crippen LogP contribution in [0.1, 0.15) is 15.9 Å². The number of amides is 1. The van der Waals surface area contributed by atoms with Crippen LogP contribution in [0.15, 0.2) is 23.6 Å². The molecule has 6 nitrogen and oxygen atoms in total. The molecule has 0 bridgehead atoms. The first kappa shape index (κ1) is 16.9. The molecule has 24 heavy (non-hydrogen) atoms. The summed E-state index contributed by atoms with van der Waals surface area (Å²) in [5, 5.41) is 14.7. The summed E-state index contributed by atoms with van der Waals surface area (Å²) in [6, 6.07) is 4.96. The van der Waals surface area contributed by atoms with E-state index in [1.54, 1.807) is 5.38 Å². The van der Waals surface area contributed by atoms with Crippen LogP contribution in [-0.2, 0) is 9.53 Å². The van der Waals surface area contributed by atoms with Crippen molar-refractivity contribution < 1.29 is 19.4 Å². The van der Waals surface area contributed by atoms with Crippen LogP contribution in [0, 0.1) is 6.92 Å². The highest BCUT2D eigenvalue weighted by atomic mass is 32.1. The van der Waals surface area contributed by atoms with E-state index in [4.69, 9.17) is 4.74 Å². The molecule has 1 saturated heterocycles. The number of carbonyl (C=O) groups excluding carboxylic acids is 1. The largest absolute Gasteiger partial charge is 0.480 e. The number of nitrogens with one attached hydrogen (secondary N) is 1. The summed E-state index contributed by atoms with van der Waals surface area (Å²) in [6.45, 7) is 4.83. The van der Waals surface area contributed by atoms with Crippen molar-refractivity contribution in [3.05, 3.63) is 34.7 Å². The third kappa shape index (κ3) is 3.75. The van der Waals surface area contributed by atoms with Crippen LogP contribution < -0.4 is 5.32 Å². The molecule has 2 aromatic rings. The van der Waals surface area contributed by atoms with E-state index in [9.17, 15) is 14.7 Å². The van der Waals surface area contributed by atoms with Gasteiger partial charge in [0.15, 0.2) is 0 Å². The number of hydrogen-bond acceptors (Lipinski definition) is 5. The lowest BCUT2D eigenvalue weighted by molar-refractivity contribution is -0.140. The monoisotopic (exact) mass is 348 g/mol. The SMILES string of the molecule is Cc1ccc2c(C(=O)NC(CN3CCOCC3)C(=O)O)csc2c1. The number of fused-ring (bicyclic) bond motifs is 1. The number of ether oxygens (including phenoxy) is 1. The summed E-state index contributed by atoms with van der Waals surface area (Å²) >= 11 is 1.49. The maximum atomic E-state index is 12.6. The van der Waals surface area contributed by atoms with E-state index in [0.29, 0.717) is 31.9 Å². The van der Waals surface area contributed by atoms with Gasteiger partial charge < -0.3 is 15.2 Å². The van der Waals surface area contributed by atoms with Crippen LogP contribution in [0.25, 0.3) is 10.1 Å².